The van der Waals surface area contributed by atoms with Crippen LogP contribution in [0.15, 0.2) is 36.4 Å². The molecule has 3 aromatic rings. The number of hydrogen-bond acceptors (Lipinski definition) is 7. The summed E-state index contributed by atoms with van der Waals surface area (Å²) in [4.78, 5) is 27.7. The van der Waals surface area contributed by atoms with E-state index in [0.717, 1.165) is 78.8 Å². The Hall–Kier alpha value is -3.45. The first-order valence-corrected chi connectivity index (χ1v) is 15.9. The fourth-order valence-corrected chi connectivity index (χ4v) is 5.85. The fraction of sp³-hybridized carbons (Fsp3) is 0.528. The van der Waals surface area contributed by atoms with Gasteiger partial charge in [-0.15, -0.1) is 0 Å². The molecule has 7 nitrogen and oxygen atoms in total. The van der Waals surface area contributed by atoms with Gasteiger partial charge in [-0.25, -0.2) is 9.97 Å². The van der Waals surface area contributed by atoms with Gasteiger partial charge in [0.2, 0.25) is 0 Å². The minimum Gasteiger partial charge on any atom is -0.488 e. The molecule has 1 aromatic heterocycles. The maximum Gasteiger partial charge on any atom is 0.325 e. The lowest BCUT2D eigenvalue weighted by Gasteiger charge is -2.43. The van der Waals surface area contributed by atoms with Crippen molar-refractivity contribution in [2.75, 3.05) is 37.7 Å². The number of nitrogens with zero attached hydrogens (tertiary/aromatic N) is 4. The van der Waals surface area contributed by atoms with Crippen LogP contribution in [0.3, 0.4) is 0 Å². The number of rotatable bonds is 11. The van der Waals surface area contributed by atoms with E-state index in [9.17, 15) is 4.79 Å². The highest BCUT2D eigenvalue weighted by atomic mass is 16.5. The number of benzene rings is 2. The van der Waals surface area contributed by atoms with Crippen molar-refractivity contribution < 1.29 is 14.3 Å². The van der Waals surface area contributed by atoms with Crippen molar-refractivity contribution in [1.82, 2.24) is 14.9 Å². The van der Waals surface area contributed by atoms with Crippen LogP contribution in [0.5, 0.6) is 5.75 Å². The summed E-state index contributed by atoms with van der Waals surface area (Å²) in [7, 11) is 0. The molecule has 0 radical (unpaired) electrons. The maximum atomic E-state index is 12.7. The van der Waals surface area contributed by atoms with E-state index >= 15 is 0 Å². The average molecular weight is 587 g/mol. The predicted octanol–water partition coefficient (Wildman–Crippen LogP) is 7.05. The molecule has 1 aliphatic rings. The van der Waals surface area contributed by atoms with Crippen LogP contribution in [-0.4, -0.2) is 59.2 Å². The first-order valence-electron chi connectivity index (χ1n) is 15.9. The van der Waals surface area contributed by atoms with Gasteiger partial charge in [-0.05, 0) is 81.7 Å². The second kappa shape index (κ2) is 13.9. The van der Waals surface area contributed by atoms with Crippen LogP contribution in [0, 0.1) is 13.8 Å². The number of ether oxygens (including phenoxy) is 2. The smallest absolute Gasteiger partial charge is 0.325 e. The van der Waals surface area contributed by atoms with Crippen LogP contribution in [0.25, 0.3) is 11.4 Å². The van der Waals surface area contributed by atoms with Crippen molar-refractivity contribution in [3.05, 3.63) is 69.9 Å². The number of esters is 1. The van der Waals surface area contributed by atoms with Crippen molar-refractivity contribution in [1.29, 1.82) is 0 Å². The number of hydrogen-bond donors (Lipinski definition) is 0. The Bertz CT molecular complexity index is 1400. The molecule has 0 N–H and O–H groups in total. The summed E-state index contributed by atoms with van der Waals surface area (Å²) < 4.78 is 11.9. The highest BCUT2D eigenvalue weighted by Gasteiger charge is 2.38. The minimum atomic E-state index is -0.685. The van der Waals surface area contributed by atoms with Crippen LogP contribution in [0.2, 0.25) is 0 Å². The second-order valence-electron chi connectivity index (χ2n) is 12.3. The summed E-state index contributed by atoms with van der Waals surface area (Å²) in [5, 5.41) is 0. The zero-order chi connectivity index (χ0) is 31.3. The Kier molecular flexibility index (Phi) is 10.5. The summed E-state index contributed by atoms with van der Waals surface area (Å²) in [6.07, 6.45) is 1.83. The lowest BCUT2D eigenvalue weighted by atomic mass is 9.96. The first kappa shape index (κ1) is 32.5. The molecule has 0 atom stereocenters. The van der Waals surface area contributed by atoms with Crippen LogP contribution in [0.4, 0.5) is 5.82 Å². The molecular formula is C36H50N4O3. The van der Waals surface area contributed by atoms with Crippen LogP contribution >= 0.6 is 0 Å². The predicted molar refractivity (Wildman–Crippen MR) is 175 cm³/mol. The van der Waals surface area contributed by atoms with Gasteiger partial charge in [0.25, 0.3) is 0 Å². The SMILES string of the molecule is CCOC(=O)C(C)(C)N1CCN(c2nc(-c3c(CC)cccc3CC)nc(C)c2COc2cc(C(C)C)ccc2C)CC1. The summed E-state index contributed by atoms with van der Waals surface area (Å²) in [6, 6.07) is 13.0. The van der Waals surface area contributed by atoms with Crippen LogP contribution in [-0.2, 0) is 29.0 Å². The molecule has 2 heterocycles. The van der Waals surface area contributed by atoms with Crippen LogP contribution < -0.4 is 9.64 Å². The Morgan fingerprint density at radius 3 is 2.19 bits per heavy atom. The molecule has 0 unspecified atom stereocenters. The number of anilines is 1. The molecule has 43 heavy (non-hydrogen) atoms. The van der Waals surface area contributed by atoms with E-state index in [-0.39, 0.29) is 5.97 Å². The van der Waals surface area contributed by atoms with E-state index < -0.39 is 5.54 Å². The standard InChI is InChI=1S/C36H50N4O3/c1-10-27-14-13-15-28(11-2)32(27)33-37-26(7)30(23-43-31-22-29(24(4)5)17-16-25(31)6)34(38-33)39-18-20-40(21-19-39)36(8,9)35(41)42-12-3/h13-17,22,24H,10-12,18-21,23H2,1-9H3. The van der Waals surface area contributed by atoms with E-state index in [2.05, 4.69) is 87.7 Å². The van der Waals surface area contributed by atoms with E-state index in [4.69, 9.17) is 19.4 Å². The average Bonchev–Trinajstić information content (AvgIpc) is 3.00. The van der Waals surface area contributed by atoms with Crippen molar-refractivity contribution in [3.63, 3.8) is 0 Å². The number of aromatic nitrogens is 2. The number of carbonyl (C=O) groups excluding carboxylic acids is 1. The van der Waals surface area contributed by atoms with Crippen molar-refractivity contribution in [3.8, 4) is 17.1 Å². The third kappa shape index (κ3) is 7.04. The highest BCUT2D eigenvalue weighted by Crippen LogP contribution is 2.33. The molecule has 1 fully saturated rings. The maximum absolute atomic E-state index is 12.7. The molecular weight excluding hydrogens is 536 g/mol. The molecule has 0 aliphatic carbocycles. The van der Waals surface area contributed by atoms with Gasteiger partial charge in [-0.3, -0.25) is 9.69 Å². The molecule has 1 aliphatic heterocycles. The Morgan fingerprint density at radius 2 is 1.60 bits per heavy atom. The van der Waals surface area contributed by atoms with E-state index in [1.54, 1.807) is 0 Å². The monoisotopic (exact) mass is 586 g/mol. The number of piperazine rings is 1. The molecule has 232 valence electrons. The van der Waals surface area contributed by atoms with Crippen molar-refractivity contribution in [2.24, 2.45) is 0 Å². The minimum absolute atomic E-state index is 0.181. The number of carbonyl (C=O) groups is 1. The van der Waals surface area contributed by atoms with E-state index in [1.807, 2.05) is 20.8 Å². The lowest BCUT2D eigenvalue weighted by molar-refractivity contribution is -0.156. The van der Waals surface area contributed by atoms with Gasteiger partial charge < -0.3 is 14.4 Å². The van der Waals surface area contributed by atoms with Crippen LogP contribution in [0.1, 0.15) is 87.9 Å². The lowest BCUT2D eigenvalue weighted by Crippen LogP contribution is -2.58. The highest BCUT2D eigenvalue weighted by molar-refractivity contribution is 5.80. The fourth-order valence-electron chi connectivity index (χ4n) is 5.85. The quantitative estimate of drug-likeness (QED) is 0.223. The molecule has 7 heteroatoms. The third-order valence-corrected chi connectivity index (χ3v) is 8.81. The summed E-state index contributed by atoms with van der Waals surface area (Å²) in [5.74, 6) is 2.83. The third-order valence-electron chi connectivity index (χ3n) is 8.81. The van der Waals surface area contributed by atoms with Gasteiger partial charge in [-0.2, -0.15) is 0 Å². The normalized spacial score (nSPS) is 14.3. The topological polar surface area (TPSA) is 67.8 Å². The second-order valence-corrected chi connectivity index (χ2v) is 12.3. The molecule has 0 bridgehead atoms. The molecule has 0 amide bonds. The van der Waals surface area contributed by atoms with Gasteiger partial charge in [0.1, 0.15) is 23.7 Å². The molecule has 0 spiro atoms. The first-order chi connectivity index (χ1) is 20.5. The van der Waals surface area contributed by atoms with Crippen molar-refractivity contribution >= 4 is 11.8 Å². The Morgan fingerprint density at radius 1 is 0.953 bits per heavy atom. The Balaban J connectivity index is 1.73. The Labute approximate surface area is 258 Å². The van der Waals surface area contributed by atoms with Gasteiger partial charge in [-0.1, -0.05) is 58.0 Å². The molecule has 0 saturated carbocycles. The number of aryl methyl sites for hydroxylation is 4. The largest absolute Gasteiger partial charge is 0.488 e. The van der Waals surface area contributed by atoms with Crippen molar-refractivity contribution in [2.45, 2.75) is 93.2 Å². The summed E-state index contributed by atoms with van der Waals surface area (Å²) in [6.45, 7) is 22.4. The van der Waals surface area contributed by atoms with E-state index in [1.165, 1.54) is 16.7 Å². The zero-order valence-electron chi connectivity index (χ0n) is 27.7. The molecule has 2 aromatic carbocycles. The van der Waals surface area contributed by atoms with Gasteiger partial charge in [0.15, 0.2) is 5.82 Å². The summed E-state index contributed by atoms with van der Waals surface area (Å²) >= 11 is 0. The van der Waals surface area contributed by atoms with E-state index in [0.29, 0.717) is 19.1 Å². The van der Waals surface area contributed by atoms with Gasteiger partial charge in [0, 0.05) is 31.7 Å². The molecule has 4 rings (SSSR count). The molecule has 1 saturated heterocycles. The zero-order valence-corrected chi connectivity index (χ0v) is 27.7. The summed E-state index contributed by atoms with van der Waals surface area (Å²) in [5.41, 5.74) is 7.28. The van der Waals surface area contributed by atoms with Gasteiger partial charge in [0.05, 0.1) is 17.9 Å². The van der Waals surface area contributed by atoms with Gasteiger partial charge >= 0.3 is 5.97 Å².